The molecule has 6 heteroatoms. The number of carbonyl (C=O) groups is 2. The third kappa shape index (κ3) is 3.42. The molecule has 1 aliphatic rings. The maximum atomic E-state index is 11.7. The van der Waals surface area contributed by atoms with E-state index in [2.05, 4.69) is 22.5 Å². The summed E-state index contributed by atoms with van der Waals surface area (Å²) in [6, 6.07) is 4.96. The van der Waals surface area contributed by atoms with Gasteiger partial charge in [0.15, 0.2) is 0 Å². The van der Waals surface area contributed by atoms with Gasteiger partial charge in [-0.1, -0.05) is 43.5 Å². The smallest absolute Gasteiger partial charge is 0.317 e. The monoisotopic (exact) mass is 326 g/mol. The van der Waals surface area contributed by atoms with Crippen molar-refractivity contribution in [2.75, 3.05) is 5.32 Å². The van der Waals surface area contributed by atoms with Crippen molar-refractivity contribution < 1.29 is 9.59 Å². The Labute approximate surface area is 140 Å². The van der Waals surface area contributed by atoms with Crippen molar-refractivity contribution in [3.8, 4) is 0 Å². The van der Waals surface area contributed by atoms with Crippen LogP contribution in [0.1, 0.15) is 48.0 Å². The van der Waals surface area contributed by atoms with Gasteiger partial charge in [-0.2, -0.15) is 0 Å². The minimum atomic E-state index is -0.749. The van der Waals surface area contributed by atoms with Crippen LogP contribution in [0.15, 0.2) is 24.3 Å². The van der Waals surface area contributed by atoms with Gasteiger partial charge in [-0.3, -0.25) is 10.1 Å². The molecular weight excluding hydrogens is 304 g/mol. The van der Waals surface area contributed by atoms with Gasteiger partial charge in [0.05, 0.1) is 5.56 Å². The van der Waals surface area contributed by atoms with Crippen LogP contribution >= 0.6 is 0 Å². The van der Waals surface area contributed by atoms with E-state index < -0.39 is 11.9 Å². The summed E-state index contributed by atoms with van der Waals surface area (Å²) in [7, 11) is 0. The lowest BCUT2D eigenvalue weighted by molar-refractivity contribution is 0.100. The van der Waals surface area contributed by atoms with Gasteiger partial charge in [0.2, 0.25) is 0 Å². The number of nitrogens with two attached hydrogens (primary N) is 2. The minimum absolute atomic E-state index is 0.235. The molecule has 3 amide bonds. The molecular formula is C18H22N4O2. The number of hydrogen-bond acceptors (Lipinski definition) is 2. The minimum Gasteiger partial charge on any atom is -0.365 e. The molecule has 126 valence electrons. The van der Waals surface area contributed by atoms with Crippen LogP contribution in [0.5, 0.6) is 0 Å². The number of nitrogens with one attached hydrogen (secondary N) is 2. The number of hydrogen-bond donors (Lipinski definition) is 4. The van der Waals surface area contributed by atoms with Gasteiger partial charge in [0.1, 0.15) is 5.82 Å². The fraction of sp³-hybridized carbons (Fsp3) is 0.333. The first-order valence-electron chi connectivity index (χ1n) is 8.25. The lowest BCUT2D eigenvalue weighted by atomic mass is 9.89. The van der Waals surface area contributed by atoms with Crippen molar-refractivity contribution in [3.63, 3.8) is 0 Å². The zero-order chi connectivity index (χ0) is 17.1. The van der Waals surface area contributed by atoms with Crippen LogP contribution in [0.2, 0.25) is 0 Å². The molecule has 2 aromatic rings. The second-order valence-corrected chi connectivity index (χ2v) is 6.29. The topological polar surface area (TPSA) is 114 Å². The molecule has 3 rings (SSSR count). The van der Waals surface area contributed by atoms with E-state index in [9.17, 15) is 9.59 Å². The van der Waals surface area contributed by atoms with Gasteiger partial charge < -0.3 is 16.5 Å². The van der Waals surface area contributed by atoms with E-state index in [1.165, 1.54) is 32.1 Å². The van der Waals surface area contributed by atoms with Gasteiger partial charge in [-0.15, -0.1) is 0 Å². The Balaban J connectivity index is 1.91. The highest BCUT2D eigenvalue weighted by molar-refractivity contribution is 6.13. The zero-order valence-electron chi connectivity index (χ0n) is 13.5. The summed E-state index contributed by atoms with van der Waals surface area (Å²) >= 11 is 0. The molecule has 0 saturated heterocycles. The standard InChI is InChI=1S/C18H22N4O2/c19-16(23)15-13-9-8-12(7-6-11-4-2-1-3-5-11)10-14(13)21-17(15)22-18(20)24/h6-11,21H,1-5H2,(H2,19,23)(H3,20,22,24)/b7-6+. The molecule has 0 radical (unpaired) electrons. The van der Waals surface area contributed by atoms with E-state index in [0.717, 1.165) is 11.1 Å². The van der Waals surface area contributed by atoms with Crippen LogP contribution in [-0.2, 0) is 0 Å². The molecule has 1 aliphatic carbocycles. The zero-order valence-corrected chi connectivity index (χ0v) is 13.5. The molecule has 6 nitrogen and oxygen atoms in total. The highest BCUT2D eigenvalue weighted by Crippen LogP contribution is 2.28. The predicted octanol–water partition coefficient (Wildman–Crippen LogP) is 3.35. The number of aromatic nitrogens is 1. The van der Waals surface area contributed by atoms with Crippen LogP contribution in [0.25, 0.3) is 17.0 Å². The Kier molecular flexibility index (Phi) is 4.55. The molecule has 0 atom stereocenters. The van der Waals surface area contributed by atoms with Crippen LogP contribution < -0.4 is 16.8 Å². The number of primary amides is 2. The summed E-state index contributed by atoms with van der Waals surface area (Å²) in [5, 5.41) is 3.08. The summed E-state index contributed by atoms with van der Waals surface area (Å²) in [5.41, 5.74) is 12.6. The fourth-order valence-corrected chi connectivity index (χ4v) is 3.37. The van der Waals surface area contributed by atoms with Crippen molar-refractivity contribution in [3.05, 3.63) is 35.4 Å². The summed E-state index contributed by atoms with van der Waals surface area (Å²) in [4.78, 5) is 25.8. The van der Waals surface area contributed by atoms with Crippen LogP contribution in [0.4, 0.5) is 10.6 Å². The molecule has 1 aromatic carbocycles. The van der Waals surface area contributed by atoms with Gasteiger partial charge in [-0.05, 0) is 30.4 Å². The first kappa shape index (κ1) is 16.1. The molecule has 1 saturated carbocycles. The normalized spacial score (nSPS) is 15.8. The number of benzene rings is 1. The quantitative estimate of drug-likeness (QED) is 0.690. The highest BCUT2D eigenvalue weighted by atomic mass is 16.2. The van der Waals surface area contributed by atoms with Crippen LogP contribution in [-0.4, -0.2) is 16.9 Å². The Hall–Kier alpha value is -2.76. The summed E-state index contributed by atoms with van der Waals surface area (Å²) < 4.78 is 0. The number of amides is 3. The molecule has 0 spiro atoms. The van der Waals surface area contributed by atoms with Crippen molar-refractivity contribution in [2.45, 2.75) is 32.1 Å². The molecule has 1 fully saturated rings. The lowest BCUT2D eigenvalue weighted by Gasteiger charge is -2.17. The van der Waals surface area contributed by atoms with E-state index in [4.69, 9.17) is 11.5 Å². The van der Waals surface area contributed by atoms with Crippen LogP contribution in [0, 0.1) is 5.92 Å². The highest BCUT2D eigenvalue weighted by Gasteiger charge is 2.17. The number of urea groups is 1. The Morgan fingerprint density at radius 2 is 1.92 bits per heavy atom. The SMILES string of the molecule is NC(=O)Nc1[nH]c2cc(/C=C/C3CCCCC3)ccc2c1C(N)=O. The average molecular weight is 326 g/mol. The van der Waals surface area contributed by atoms with Crippen molar-refractivity contribution in [2.24, 2.45) is 17.4 Å². The van der Waals surface area contributed by atoms with E-state index in [1.54, 1.807) is 0 Å². The largest absolute Gasteiger partial charge is 0.365 e. The molecule has 1 aromatic heterocycles. The summed E-state index contributed by atoms with van der Waals surface area (Å²) in [6.45, 7) is 0. The first-order chi connectivity index (χ1) is 11.5. The molecule has 6 N–H and O–H groups in total. The fourth-order valence-electron chi connectivity index (χ4n) is 3.37. The van der Waals surface area contributed by atoms with Crippen molar-refractivity contribution >= 4 is 34.7 Å². The van der Waals surface area contributed by atoms with E-state index in [0.29, 0.717) is 11.3 Å². The average Bonchev–Trinajstić information content (AvgIpc) is 2.90. The number of carbonyl (C=O) groups excluding carboxylic acids is 2. The maximum absolute atomic E-state index is 11.7. The lowest BCUT2D eigenvalue weighted by Crippen LogP contribution is -2.22. The Morgan fingerprint density at radius 3 is 2.58 bits per heavy atom. The van der Waals surface area contributed by atoms with Gasteiger partial charge in [-0.25, -0.2) is 4.79 Å². The third-order valence-electron chi connectivity index (χ3n) is 4.53. The van der Waals surface area contributed by atoms with Gasteiger partial charge in [0, 0.05) is 10.9 Å². The van der Waals surface area contributed by atoms with Crippen LogP contribution in [0.3, 0.4) is 0 Å². The van der Waals surface area contributed by atoms with Gasteiger partial charge >= 0.3 is 6.03 Å². The molecule has 24 heavy (non-hydrogen) atoms. The summed E-state index contributed by atoms with van der Waals surface area (Å²) in [6.07, 6.45) is 10.8. The predicted molar refractivity (Wildman–Crippen MR) is 95.6 cm³/mol. The number of allylic oxidation sites excluding steroid dienone is 1. The van der Waals surface area contributed by atoms with E-state index >= 15 is 0 Å². The number of anilines is 1. The van der Waals surface area contributed by atoms with Crippen molar-refractivity contribution in [1.29, 1.82) is 0 Å². The molecule has 0 aliphatic heterocycles. The number of rotatable bonds is 4. The molecule has 0 bridgehead atoms. The maximum Gasteiger partial charge on any atom is 0.317 e. The molecule has 1 heterocycles. The Morgan fingerprint density at radius 1 is 1.17 bits per heavy atom. The van der Waals surface area contributed by atoms with E-state index in [-0.39, 0.29) is 11.4 Å². The van der Waals surface area contributed by atoms with E-state index in [1.807, 2.05) is 18.2 Å². The van der Waals surface area contributed by atoms with Gasteiger partial charge in [0.25, 0.3) is 5.91 Å². The second kappa shape index (κ2) is 6.78. The second-order valence-electron chi connectivity index (χ2n) is 6.29. The number of fused-ring (bicyclic) bond motifs is 1. The Bertz CT molecular complexity index is 801. The number of aromatic amines is 1. The third-order valence-corrected chi connectivity index (χ3v) is 4.53. The summed E-state index contributed by atoms with van der Waals surface area (Å²) in [5.74, 6) is 0.264. The first-order valence-corrected chi connectivity index (χ1v) is 8.25. The van der Waals surface area contributed by atoms with Crippen molar-refractivity contribution in [1.82, 2.24) is 4.98 Å². The number of H-pyrrole nitrogens is 1. The molecule has 0 unspecified atom stereocenters.